The molecule has 0 saturated carbocycles. The Labute approximate surface area is 75.6 Å². The van der Waals surface area contributed by atoms with Crippen LogP contribution in [-0.2, 0) is 4.79 Å². The zero-order chi connectivity index (χ0) is 10.8. The van der Waals surface area contributed by atoms with Gasteiger partial charge in [0, 0.05) is 0 Å². The summed E-state index contributed by atoms with van der Waals surface area (Å²) in [5, 5.41) is 35.7. The predicted octanol–water partition coefficient (Wildman–Crippen LogP) is -2.11. The van der Waals surface area contributed by atoms with Crippen LogP contribution in [-0.4, -0.2) is 50.2 Å². The Balaban J connectivity index is 4.42. The van der Waals surface area contributed by atoms with Gasteiger partial charge in [-0.1, -0.05) is 0 Å². The van der Waals surface area contributed by atoms with Gasteiger partial charge in [0.1, 0.15) is 6.10 Å². The lowest BCUT2D eigenvalue weighted by molar-refractivity contribution is -0.156. The summed E-state index contributed by atoms with van der Waals surface area (Å²) in [6.45, 7) is 2.63. The molecule has 3 atom stereocenters. The van der Waals surface area contributed by atoms with Crippen molar-refractivity contribution in [2.75, 3.05) is 0 Å². The quantitative estimate of drug-likeness (QED) is 0.348. The molecule has 0 aromatic heterocycles. The van der Waals surface area contributed by atoms with E-state index in [1.54, 1.807) is 0 Å². The first kappa shape index (κ1) is 12.3. The van der Waals surface area contributed by atoms with E-state index in [0.717, 1.165) is 0 Å². The smallest absolute Gasteiger partial charge is 0.335 e. The molecule has 0 aliphatic heterocycles. The highest BCUT2D eigenvalue weighted by atomic mass is 16.4. The van der Waals surface area contributed by atoms with E-state index in [0.29, 0.717) is 0 Å². The van der Waals surface area contributed by atoms with Crippen LogP contribution in [0.1, 0.15) is 13.8 Å². The maximum atomic E-state index is 10.2. The van der Waals surface area contributed by atoms with Gasteiger partial charge < -0.3 is 26.2 Å². The lowest BCUT2D eigenvalue weighted by Gasteiger charge is -2.30. The first-order valence-electron chi connectivity index (χ1n) is 3.75. The molecule has 0 radical (unpaired) electrons. The van der Waals surface area contributed by atoms with Gasteiger partial charge >= 0.3 is 5.97 Å². The van der Waals surface area contributed by atoms with E-state index < -0.39 is 29.8 Å². The maximum absolute atomic E-state index is 10.2. The van der Waals surface area contributed by atoms with Gasteiger partial charge in [0.25, 0.3) is 0 Å². The molecule has 0 saturated heterocycles. The molecule has 0 aromatic carbocycles. The maximum Gasteiger partial charge on any atom is 0.335 e. The Bertz CT molecular complexity index is 188. The van der Waals surface area contributed by atoms with E-state index in [9.17, 15) is 15.0 Å². The number of aliphatic hydroxyl groups is 3. The summed E-state index contributed by atoms with van der Waals surface area (Å²) >= 11 is 0. The number of aliphatic hydroxyl groups excluding tert-OH is 2. The van der Waals surface area contributed by atoms with Crippen LogP contribution in [0.3, 0.4) is 0 Å². The lowest BCUT2D eigenvalue weighted by Crippen LogP contribution is -2.56. The van der Waals surface area contributed by atoms with E-state index in [1.165, 1.54) is 13.8 Å². The zero-order valence-electron chi connectivity index (χ0n) is 7.51. The van der Waals surface area contributed by atoms with Crippen molar-refractivity contribution in [3.8, 4) is 0 Å². The van der Waals surface area contributed by atoms with Crippen molar-refractivity contribution in [2.24, 2.45) is 5.73 Å². The van der Waals surface area contributed by atoms with E-state index in [-0.39, 0.29) is 0 Å². The van der Waals surface area contributed by atoms with Gasteiger partial charge in [0.05, 0.1) is 11.6 Å². The fraction of sp³-hybridized carbons (Fsp3) is 0.857. The highest BCUT2D eigenvalue weighted by molar-refractivity contribution is 5.72. The molecule has 0 amide bonds. The van der Waals surface area contributed by atoms with Crippen molar-refractivity contribution in [2.45, 2.75) is 37.7 Å². The van der Waals surface area contributed by atoms with E-state index in [2.05, 4.69) is 0 Å². The molecule has 0 aliphatic carbocycles. The number of aliphatic carboxylic acids is 1. The summed E-state index contributed by atoms with van der Waals surface area (Å²) in [5.41, 5.74) is 3.86. The first-order valence-corrected chi connectivity index (χ1v) is 3.75. The summed E-state index contributed by atoms with van der Waals surface area (Å²) in [7, 11) is 0. The summed E-state index contributed by atoms with van der Waals surface area (Å²) in [5.74, 6) is -1.58. The third-order valence-electron chi connectivity index (χ3n) is 1.76. The Morgan fingerprint density at radius 3 is 2.00 bits per heavy atom. The molecule has 0 spiro atoms. The van der Waals surface area contributed by atoms with Crippen molar-refractivity contribution in [3.63, 3.8) is 0 Å². The average Bonchev–Trinajstić information content (AvgIpc) is 1.98. The molecule has 13 heavy (non-hydrogen) atoms. The third kappa shape index (κ3) is 3.27. The summed E-state index contributed by atoms with van der Waals surface area (Å²) in [6, 6.07) is -1.22. The van der Waals surface area contributed by atoms with Crippen LogP contribution >= 0.6 is 0 Å². The van der Waals surface area contributed by atoms with Gasteiger partial charge in [0.15, 0.2) is 6.10 Å². The highest BCUT2D eigenvalue weighted by Gasteiger charge is 2.36. The van der Waals surface area contributed by atoms with Crippen LogP contribution in [0.2, 0.25) is 0 Å². The van der Waals surface area contributed by atoms with E-state index >= 15 is 0 Å². The Morgan fingerprint density at radius 2 is 1.77 bits per heavy atom. The number of carboxylic acids is 1. The summed E-state index contributed by atoms with van der Waals surface area (Å²) < 4.78 is 0. The largest absolute Gasteiger partial charge is 0.479 e. The minimum atomic E-state index is -1.98. The predicted molar refractivity (Wildman–Crippen MR) is 43.9 cm³/mol. The number of carbonyl (C=O) groups is 1. The van der Waals surface area contributed by atoms with Crippen molar-refractivity contribution >= 4 is 5.97 Å². The molecule has 3 unspecified atom stereocenters. The molecule has 0 fully saturated rings. The Morgan fingerprint density at radius 1 is 1.38 bits per heavy atom. The van der Waals surface area contributed by atoms with Crippen LogP contribution in [0, 0.1) is 0 Å². The van der Waals surface area contributed by atoms with Crippen LogP contribution < -0.4 is 5.73 Å². The van der Waals surface area contributed by atoms with Gasteiger partial charge in [-0.3, -0.25) is 0 Å². The molecule has 78 valence electrons. The topological polar surface area (TPSA) is 124 Å². The minimum Gasteiger partial charge on any atom is -0.479 e. The van der Waals surface area contributed by atoms with Crippen LogP contribution in [0.5, 0.6) is 0 Å². The second kappa shape index (κ2) is 4.01. The van der Waals surface area contributed by atoms with Gasteiger partial charge in [-0.25, -0.2) is 4.79 Å². The molecule has 0 aromatic rings. The molecule has 0 aliphatic rings. The molecule has 6 N–H and O–H groups in total. The normalized spacial score (nSPS) is 19.2. The number of carboxylic acid groups (broad SMARTS) is 1. The minimum absolute atomic E-state index is 1.22. The van der Waals surface area contributed by atoms with Crippen molar-refractivity contribution < 1.29 is 25.2 Å². The van der Waals surface area contributed by atoms with Gasteiger partial charge in [-0.05, 0) is 13.8 Å². The SMILES string of the molecule is CC(C)(O)C(N)C(O)C(O)C(=O)O. The number of hydrogen-bond acceptors (Lipinski definition) is 5. The van der Waals surface area contributed by atoms with Crippen LogP contribution in [0.15, 0.2) is 0 Å². The second-order valence-corrected chi connectivity index (χ2v) is 3.45. The lowest BCUT2D eigenvalue weighted by atomic mass is 9.92. The third-order valence-corrected chi connectivity index (χ3v) is 1.76. The molecular formula is C7H15NO5. The van der Waals surface area contributed by atoms with Gasteiger partial charge in [-0.15, -0.1) is 0 Å². The van der Waals surface area contributed by atoms with Crippen LogP contribution in [0.4, 0.5) is 0 Å². The summed E-state index contributed by atoms with van der Waals surface area (Å²) in [6.07, 6.45) is -3.68. The molecule has 6 nitrogen and oxygen atoms in total. The molecular weight excluding hydrogens is 178 g/mol. The zero-order valence-corrected chi connectivity index (χ0v) is 7.51. The molecule has 0 rings (SSSR count). The molecule has 6 heteroatoms. The Kier molecular flexibility index (Phi) is 3.80. The fourth-order valence-electron chi connectivity index (χ4n) is 0.760. The summed E-state index contributed by atoms with van der Waals surface area (Å²) in [4.78, 5) is 10.2. The average molecular weight is 193 g/mol. The standard InChI is InChI=1S/C7H15NO5/c1-7(2,13)5(8)3(9)4(10)6(11)12/h3-5,9-10,13H,8H2,1-2H3,(H,11,12). The molecule has 0 bridgehead atoms. The highest BCUT2D eigenvalue weighted by Crippen LogP contribution is 2.12. The number of hydrogen-bond donors (Lipinski definition) is 5. The Hall–Kier alpha value is -0.690. The van der Waals surface area contributed by atoms with E-state index in [4.69, 9.17) is 15.9 Å². The number of rotatable bonds is 4. The first-order chi connectivity index (χ1) is 5.68. The van der Waals surface area contributed by atoms with Crippen LogP contribution in [0.25, 0.3) is 0 Å². The van der Waals surface area contributed by atoms with Gasteiger partial charge in [0.2, 0.25) is 0 Å². The second-order valence-electron chi connectivity index (χ2n) is 3.45. The number of nitrogens with two attached hydrogens (primary N) is 1. The van der Waals surface area contributed by atoms with Crippen molar-refractivity contribution in [1.29, 1.82) is 0 Å². The van der Waals surface area contributed by atoms with Crippen molar-refractivity contribution in [1.82, 2.24) is 0 Å². The molecule has 0 heterocycles. The van der Waals surface area contributed by atoms with E-state index in [1.807, 2.05) is 0 Å². The monoisotopic (exact) mass is 193 g/mol. The van der Waals surface area contributed by atoms with Crippen molar-refractivity contribution in [3.05, 3.63) is 0 Å². The fourth-order valence-corrected chi connectivity index (χ4v) is 0.760. The van der Waals surface area contributed by atoms with Gasteiger partial charge in [-0.2, -0.15) is 0 Å².